The second-order valence-corrected chi connectivity index (χ2v) is 6.35. The summed E-state index contributed by atoms with van der Waals surface area (Å²) in [6.45, 7) is 1.93. The van der Waals surface area contributed by atoms with E-state index in [0.29, 0.717) is 5.02 Å². The Bertz CT molecular complexity index is 859. The summed E-state index contributed by atoms with van der Waals surface area (Å²) < 4.78 is 5.36. The minimum atomic E-state index is 0.712. The van der Waals surface area contributed by atoms with E-state index < -0.39 is 0 Å². The van der Waals surface area contributed by atoms with Gasteiger partial charge in [0.2, 0.25) is 5.13 Å². The minimum Gasteiger partial charge on any atom is -0.496 e. The topological polar surface area (TPSA) is 46.5 Å². The van der Waals surface area contributed by atoms with Gasteiger partial charge in [0.15, 0.2) is 0 Å². The van der Waals surface area contributed by atoms with Gasteiger partial charge in [-0.15, -0.1) is 11.3 Å². The molecule has 0 saturated carbocycles. The van der Waals surface area contributed by atoms with Crippen LogP contribution < -0.4 is 10.2 Å². The summed E-state index contributed by atoms with van der Waals surface area (Å²) in [7, 11) is 1.65. The predicted octanol–water partition coefficient (Wildman–Crippen LogP) is 5.31. The summed E-state index contributed by atoms with van der Waals surface area (Å²) in [6.07, 6.45) is 0. The molecule has 122 valence electrons. The highest BCUT2D eigenvalue weighted by Gasteiger charge is 2.07. The number of aromatic nitrogens is 1. The molecule has 24 heavy (non-hydrogen) atoms. The van der Waals surface area contributed by atoms with E-state index in [4.69, 9.17) is 16.3 Å². The molecule has 0 spiro atoms. The highest BCUT2D eigenvalue weighted by Crippen LogP contribution is 2.26. The lowest BCUT2D eigenvalue weighted by molar-refractivity contribution is 0.414. The largest absolute Gasteiger partial charge is 0.496 e. The molecule has 1 N–H and O–H groups in total. The number of thiazole rings is 1. The Morgan fingerprint density at radius 1 is 1.17 bits per heavy atom. The van der Waals surface area contributed by atoms with Crippen LogP contribution >= 0.6 is 22.9 Å². The van der Waals surface area contributed by atoms with Crippen LogP contribution in [0.2, 0.25) is 5.02 Å². The van der Waals surface area contributed by atoms with Crippen molar-refractivity contribution in [3.05, 3.63) is 64.5 Å². The normalized spacial score (nSPS) is 11.4. The van der Waals surface area contributed by atoms with Gasteiger partial charge in [-0.2, -0.15) is 5.10 Å². The number of nitrogens with one attached hydrogen (secondary N) is 1. The fraction of sp³-hybridized carbons (Fsp3) is 0.111. The van der Waals surface area contributed by atoms with Gasteiger partial charge < -0.3 is 4.74 Å². The second kappa shape index (κ2) is 7.47. The molecule has 0 saturated heterocycles. The number of hydrazone groups is 1. The molecule has 1 aromatic heterocycles. The molecule has 0 unspecified atom stereocenters. The SMILES string of the molecule is COc1ccccc1/C(C)=N/Nc1nc(-c2ccc(Cl)cc2)cs1. The molecule has 0 bridgehead atoms. The summed E-state index contributed by atoms with van der Waals surface area (Å²) in [5.74, 6) is 0.793. The van der Waals surface area contributed by atoms with Crippen LogP contribution in [0.3, 0.4) is 0 Å². The Kier molecular flexibility index (Phi) is 5.13. The summed E-state index contributed by atoms with van der Waals surface area (Å²) in [4.78, 5) is 4.54. The first-order chi connectivity index (χ1) is 11.7. The van der Waals surface area contributed by atoms with Crippen LogP contribution in [0.1, 0.15) is 12.5 Å². The third kappa shape index (κ3) is 3.75. The number of nitrogens with zero attached hydrogens (tertiary/aromatic N) is 2. The van der Waals surface area contributed by atoms with Gasteiger partial charge in [-0.05, 0) is 31.2 Å². The fourth-order valence-corrected chi connectivity index (χ4v) is 3.00. The molecule has 4 nitrogen and oxygen atoms in total. The van der Waals surface area contributed by atoms with Gasteiger partial charge in [0.05, 0.1) is 18.5 Å². The maximum atomic E-state index is 5.91. The Hall–Kier alpha value is -2.37. The van der Waals surface area contributed by atoms with Crippen LogP contribution in [-0.4, -0.2) is 17.8 Å². The summed E-state index contributed by atoms with van der Waals surface area (Å²) in [5.41, 5.74) is 6.70. The zero-order chi connectivity index (χ0) is 16.9. The van der Waals surface area contributed by atoms with Crippen molar-refractivity contribution in [3.63, 3.8) is 0 Å². The third-order valence-electron chi connectivity index (χ3n) is 3.46. The molecule has 0 fully saturated rings. The van der Waals surface area contributed by atoms with E-state index in [-0.39, 0.29) is 0 Å². The smallest absolute Gasteiger partial charge is 0.203 e. The van der Waals surface area contributed by atoms with Gasteiger partial charge in [-0.1, -0.05) is 35.9 Å². The van der Waals surface area contributed by atoms with Crippen molar-refractivity contribution < 1.29 is 4.74 Å². The van der Waals surface area contributed by atoms with E-state index in [1.54, 1.807) is 7.11 Å². The molecular weight excluding hydrogens is 342 g/mol. The van der Waals surface area contributed by atoms with E-state index in [1.165, 1.54) is 11.3 Å². The molecule has 0 aliphatic carbocycles. The van der Waals surface area contributed by atoms with Crippen LogP contribution in [0.5, 0.6) is 5.75 Å². The number of methoxy groups -OCH3 is 1. The minimum absolute atomic E-state index is 0.712. The number of hydrogen-bond acceptors (Lipinski definition) is 5. The zero-order valence-corrected chi connectivity index (χ0v) is 14.9. The first-order valence-electron chi connectivity index (χ1n) is 7.32. The van der Waals surface area contributed by atoms with Gasteiger partial charge in [0.1, 0.15) is 5.75 Å². The lowest BCUT2D eigenvalue weighted by Gasteiger charge is -2.07. The molecule has 6 heteroatoms. The quantitative estimate of drug-likeness (QED) is 0.497. The van der Waals surface area contributed by atoms with E-state index in [1.807, 2.05) is 60.8 Å². The number of para-hydroxylation sites is 1. The van der Waals surface area contributed by atoms with Crippen LogP contribution in [0.25, 0.3) is 11.3 Å². The Morgan fingerprint density at radius 2 is 1.92 bits per heavy atom. The van der Waals surface area contributed by atoms with Gasteiger partial charge >= 0.3 is 0 Å². The Labute approximate surface area is 149 Å². The molecule has 3 rings (SSSR count). The van der Waals surface area contributed by atoms with Crippen molar-refractivity contribution in [1.29, 1.82) is 0 Å². The van der Waals surface area contributed by atoms with Crippen molar-refractivity contribution in [3.8, 4) is 17.0 Å². The van der Waals surface area contributed by atoms with Crippen LogP contribution in [0.15, 0.2) is 59.0 Å². The summed E-state index contributed by atoms with van der Waals surface area (Å²) in [5, 5.41) is 7.84. The molecule has 0 aliphatic rings. The van der Waals surface area contributed by atoms with E-state index in [0.717, 1.165) is 33.4 Å². The number of anilines is 1. The van der Waals surface area contributed by atoms with Crippen LogP contribution in [0.4, 0.5) is 5.13 Å². The average Bonchev–Trinajstić information content (AvgIpc) is 3.09. The van der Waals surface area contributed by atoms with Crippen LogP contribution in [0, 0.1) is 0 Å². The first kappa shape index (κ1) is 16.5. The standard InChI is InChI=1S/C18H16ClN3OS/c1-12(15-5-3-4-6-17(15)23-2)21-22-18-20-16(11-24-18)13-7-9-14(19)10-8-13/h3-11H,1-2H3,(H,20,22)/b21-12+. The average molecular weight is 358 g/mol. The second-order valence-electron chi connectivity index (χ2n) is 5.05. The highest BCUT2D eigenvalue weighted by atomic mass is 35.5. The van der Waals surface area contributed by atoms with Gasteiger partial charge in [0, 0.05) is 21.5 Å². The van der Waals surface area contributed by atoms with Crippen molar-refractivity contribution in [2.24, 2.45) is 5.10 Å². The number of halogens is 1. The molecule has 2 aromatic carbocycles. The third-order valence-corrected chi connectivity index (χ3v) is 4.46. The van der Waals surface area contributed by atoms with Gasteiger partial charge in [0.25, 0.3) is 0 Å². The van der Waals surface area contributed by atoms with E-state index in [2.05, 4.69) is 15.5 Å². The fourth-order valence-electron chi connectivity index (χ4n) is 2.21. The maximum absolute atomic E-state index is 5.91. The van der Waals surface area contributed by atoms with Gasteiger partial charge in [-0.25, -0.2) is 4.98 Å². The number of benzene rings is 2. The summed E-state index contributed by atoms with van der Waals surface area (Å²) in [6, 6.07) is 15.4. The molecule has 0 atom stereocenters. The van der Waals surface area contributed by atoms with Crippen molar-refractivity contribution in [2.75, 3.05) is 12.5 Å². The molecular formula is C18H16ClN3OS. The van der Waals surface area contributed by atoms with Crippen LogP contribution in [-0.2, 0) is 0 Å². The van der Waals surface area contributed by atoms with Gasteiger partial charge in [-0.3, -0.25) is 5.43 Å². The Morgan fingerprint density at radius 3 is 2.67 bits per heavy atom. The maximum Gasteiger partial charge on any atom is 0.203 e. The predicted molar refractivity (Wildman–Crippen MR) is 101 cm³/mol. The van der Waals surface area contributed by atoms with Crippen molar-refractivity contribution >= 4 is 33.8 Å². The molecule has 0 radical (unpaired) electrons. The van der Waals surface area contributed by atoms with E-state index in [9.17, 15) is 0 Å². The van der Waals surface area contributed by atoms with E-state index >= 15 is 0 Å². The molecule has 0 amide bonds. The lowest BCUT2D eigenvalue weighted by atomic mass is 10.1. The highest BCUT2D eigenvalue weighted by molar-refractivity contribution is 7.14. The molecule has 0 aliphatic heterocycles. The first-order valence-corrected chi connectivity index (χ1v) is 8.58. The zero-order valence-electron chi connectivity index (χ0n) is 13.3. The van der Waals surface area contributed by atoms with Crippen molar-refractivity contribution in [1.82, 2.24) is 4.98 Å². The monoisotopic (exact) mass is 357 g/mol. The number of hydrogen-bond donors (Lipinski definition) is 1. The number of ether oxygens (including phenoxy) is 1. The lowest BCUT2D eigenvalue weighted by Crippen LogP contribution is -2.02. The molecule has 1 heterocycles. The molecule has 3 aromatic rings. The van der Waals surface area contributed by atoms with Crippen molar-refractivity contribution in [2.45, 2.75) is 6.92 Å². The summed E-state index contributed by atoms with van der Waals surface area (Å²) >= 11 is 7.42. The Balaban J connectivity index is 1.76. The number of rotatable bonds is 5.